The highest BCUT2D eigenvalue weighted by Crippen LogP contribution is 2.12. The molecule has 4 nitrogen and oxygen atoms in total. The predicted molar refractivity (Wildman–Crippen MR) is 69.2 cm³/mol. The van der Waals surface area contributed by atoms with Gasteiger partial charge in [0.1, 0.15) is 12.1 Å². The molecule has 0 aliphatic heterocycles. The molecule has 102 valence electrons. The normalized spacial score (nSPS) is 12.6. The average molecular weight is 254 g/mol. The Bertz CT molecular complexity index is 294. The Labute approximate surface area is 108 Å². The second kappa shape index (κ2) is 10.8. The number of aliphatic hydroxyl groups excluding tert-OH is 1. The highest BCUT2D eigenvalue weighted by Gasteiger charge is 2.09. The molecule has 0 aliphatic carbocycles. The number of hydrogen-bond acceptors (Lipinski definition) is 4. The van der Waals surface area contributed by atoms with E-state index in [-0.39, 0.29) is 24.1 Å². The maximum absolute atomic E-state index is 11.6. The van der Waals surface area contributed by atoms with Gasteiger partial charge in [0, 0.05) is 25.9 Å². The van der Waals surface area contributed by atoms with Gasteiger partial charge in [-0.3, -0.25) is 14.4 Å². The molecule has 1 N–H and O–H groups in total. The number of aldehydes is 1. The largest absolute Gasteiger partial charge is 0.396 e. The highest BCUT2D eigenvalue weighted by atomic mass is 16.3. The first-order valence-corrected chi connectivity index (χ1v) is 6.37. The number of hydrogen-bond donors (Lipinski definition) is 1. The maximum atomic E-state index is 11.6. The van der Waals surface area contributed by atoms with Gasteiger partial charge in [0.2, 0.25) is 0 Å². The molecule has 0 rings (SSSR count). The van der Waals surface area contributed by atoms with Crippen LogP contribution >= 0.6 is 0 Å². The van der Waals surface area contributed by atoms with Crippen LogP contribution in [0.5, 0.6) is 0 Å². The molecule has 0 bridgehead atoms. The van der Waals surface area contributed by atoms with E-state index in [0.29, 0.717) is 32.0 Å². The fourth-order valence-corrected chi connectivity index (χ4v) is 1.72. The van der Waals surface area contributed by atoms with Gasteiger partial charge in [-0.2, -0.15) is 0 Å². The molecule has 0 spiro atoms. The molecule has 0 aromatic rings. The summed E-state index contributed by atoms with van der Waals surface area (Å²) in [5, 5.41) is 8.67. The van der Waals surface area contributed by atoms with Crippen molar-refractivity contribution >= 4 is 17.9 Å². The molecular formula is C14H22O4. The Hall–Kier alpha value is -1.29. The van der Waals surface area contributed by atoms with E-state index in [4.69, 9.17) is 5.11 Å². The number of carbonyl (C=O) groups is 3. The van der Waals surface area contributed by atoms with E-state index in [1.807, 2.05) is 6.92 Å². The average Bonchev–Trinajstić information content (AvgIpc) is 2.33. The fraction of sp³-hybridized carbons (Fsp3) is 0.643. The van der Waals surface area contributed by atoms with Crippen molar-refractivity contribution in [2.45, 2.75) is 45.4 Å². The second-order valence-electron chi connectivity index (χ2n) is 4.53. The van der Waals surface area contributed by atoms with Gasteiger partial charge in [0.05, 0.1) is 0 Å². The van der Waals surface area contributed by atoms with Crippen LogP contribution in [0.1, 0.15) is 45.4 Å². The lowest BCUT2D eigenvalue weighted by atomic mass is 9.97. The number of carbonyl (C=O) groups excluding carboxylic acids is 3. The van der Waals surface area contributed by atoms with Crippen molar-refractivity contribution in [1.29, 1.82) is 0 Å². The van der Waals surface area contributed by atoms with Gasteiger partial charge in [-0.1, -0.05) is 6.92 Å². The van der Waals surface area contributed by atoms with E-state index in [2.05, 4.69) is 0 Å². The Kier molecular flexibility index (Phi) is 10.1. The number of Topliss-reactive ketones (excluding diaryl/α,β-unsaturated/α-hetero) is 1. The van der Waals surface area contributed by atoms with Crippen molar-refractivity contribution in [3.63, 3.8) is 0 Å². The zero-order valence-electron chi connectivity index (χ0n) is 10.9. The molecule has 0 radical (unpaired) electrons. The van der Waals surface area contributed by atoms with Gasteiger partial charge >= 0.3 is 0 Å². The second-order valence-corrected chi connectivity index (χ2v) is 4.53. The smallest absolute Gasteiger partial charge is 0.155 e. The highest BCUT2D eigenvalue weighted by molar-refractivity contribution is 5.92. The summed E-state index contributed by atoms with van der Waals surface area (Å²) in [7, 11) is 0. The molecule has 0 amide bonds. The number of ketones is 2. The Morgan fingerprint density at radius 3 is 2.56 bits per heavy atom. The standard InChI is InChI=1S/C14H22O4/c1-12(5-3-9-15)11-14(18)7-2-6-13(17)8-4-10-16/h4,8,10,12,15H,2-3,5-7,9,11H2,1H3. The van der Waals surface area contributed by atoms with E-state index in [1.54, 1.807) is 0 Å². The van der Waals surface area contributed by atoms with Gasteiger partial charge in [0.25, 0.3) is 0 Å². The van der Waals surface area contributed by atoms with Crippen molar-refractivity contribution in [3.8, 4) is 0 Å². The monoisotopic (exact) mass is 254 g/mol. The van der Waals surface area contributed by atoms with Crippen molar-refractivity contribution in [2.75, 3.05) is 6.61 Å². The topological polar surface area (TPSA) is 71.4 Å². The summed E-state index contributed by atoms with van der Waals surface area (Å²) in [6.07, 6.45) is 6.30. The molecule has 1 atom stereocenters. The van der Waals surface area contributed by atoms with E-state index < -0.39 is 0 Å². The lowest BCUT2D eigenvalue weighted by Crippen LogP contribution is -2.07. The Morgan fingerprint density at radius 2 is 1.94 bits per heavy atom. The van der Waals surface area contributed by atoms with Crippen LogP contribution in [0.25, 0.3) is 0 Å². The van der Waals surface area contributed by atoms with Crippen molar-refractivity contribution in [1.82, 2.24) is 0 Å². The third-order valence-electron chi connectivity index (χ3n) is 2.67. The fourth-order valence-electron chi connectivity index (χ4n) is 1.72. The summed E-state index contributed by atoms with van der Waals surface area (Å²) in [4.78, 5) is 32.7. The molecule has 0 fully saturated rings. The van der Waals surface area contributed by atoms with Crippen molar-refractivity contribution in [2.24, 2.45) is 5.92 Å². The van der Waals surface area contributed by atoms with Gasteiger partial charge in [-0.25, -0.2) is 0 Å². The first-order chi connectivity index (χ1) is 8.60. The van der Waals surface area contributed by atoms with Crippen LogP contribution in [0.15, 0.2) is 12.2 Å². The van der Waals surface area contributed by atoms with Crippen molar-refractivity contribution in [3.05, 3.63) is 12.2 Å². The minimum Gasteiger partial charge on any atom is -0.396 e. The summed E-state index contributed by atoms with van der Waals surface area (Å²) in [5.74, 6) is 0.325. The van der Waals surface area contributed by atoms with Crippen LogP contribution in [-0.4, -0.2) is 29.6 Å². The molecule has 18 heavy (non-hydrogen) atoms. The zero-order chi connectivity index (χ0) is 13.8. The van der Waals surface area contributed by atoms with Crippen LogP contribution < -0.4 is 0 Å². The molecule has 4 heteroatoms. The maximum Gasteiger partial charge on any atom is 0.155 e. The molecule has 0 aromatic heterocycles. The third kappa shape index (κ3) is 9.90. The Balaban J connectivity index is 3.67. The first-order valence-electron chi connectivity index (χ1n) is 6.37. The molecule has 0 saturated heterocycles. The minimum absolute atomic E-state index is 0.122. The molecular weight excluding hydrogens is 232 g/mol. The quantitative estimate of drug-likeness (QED) is 0.451. The lowest BCUT2D eigenvalue weighted by Gasteiger charge is -2.08. The molecule has 0 saturated carbocycles. The minimum atomic E-state index is -0.122. The summed E-state index contributed by atoms with van der Waals surface area (Å²) in [6, 6.07) is 0. The first kappa shape index (κ1) is 16.7. The van der Waals surface area contributed by atoms with Gasteiger partial charge in [-0.15, -0.1) is 0 Å². The van der Waals surface area contributed by atoms with Crippen LogP contribution in [0.2, 0.25) is 0 Å². The number of aliphatic hydroxyl groups is 1. The van der Waals surface area contributed by atoms with Gasteiger partial charge < -0.3 is 5.11 Å². The lowest BCUT2D eigenvalue weighted by molar-refractivity contribution is -0.120. The van der Waals surface area contributed by atoms with Gasteiger partial charge in [-0.05, 0) is 37.3 Å². The summed E-state index contributed by atoms with van der Waals surface area (Å²) >= 11 is 0. The molecule has 0 heterocycles. The Morgan fingerprint density at radius 1 is 1.22 bits per heavy atom. The van der Waals surface area contributed by atoms with E-state index in [9.17, 15) is 14.4 Å². The van der Waals surface area contributed by atoms with Crippen LogP contribution in [-0.2, 0) is 14.4 Å². The third-order valence-corrected chi connectivity index (χ3v) is 2.67. The number of rotatable bonds is 11. The van der Waals surface area contributed by atoms with Gasteiger partial charge in [0.15, 0.2) is 5.78 Å². The molecule has 0 aliphatic rings. The summed E-state index contributed by atoms with van der Waals surface area (Å²) < 4.78 is 0. The summed E-state index contributed by atoms with van der Waals surface area (Å²) in [5.41, 5.74) is 0. The van der Waals surface area contributed by atoms with Crippen LogP contribution in [0.3, 0.4) is 0 Å². The van der Waals surface area contributed by atoms with Crippen molar-refractivity contribution < 1.29 is 19.5 Å². The molecule has 1 unspecified atom stereocenters. The SMILES string of the molecule is CC(CCCO)CC(=O)CCCC(=O)C=CC=O. The van der Waals surface area contributed by atoms with Crippen LogP contribution in [0.4, 0.5) is 0 Å². The van der Waals surface area contributed by atoms with Crippen LogP contribution in [0, 0.1) is 5.92 Å². The number of allylic oxidation sites excluding steroid dienone is 2. The molecule has 0 aromatic carbocycles. The van der Waals surface area contributed by atoms with E-state index in [0.717, 1.165) is 12.8 Å². The summed E-state index contributed by atoms with van der Waals surface area (Å²) in [6.45, 7) is 2.15. The van der Waals surface area contributed by atoms with E-state index >= 15 is 0 Å². The zero-order valence-corrected chi connectivity index (χ0v) is 10.9. The van der Waals surface area contributed by atoms with E-state index in [1.165, 1.54) is 12.2 Å². The predicted octanol–water partition coefficient (Wildman–Crippen LogP) is 1.85.